The molecule has 5 heteroatoms. The van der Waals surface area contributed by atoms with Gasteiger partial charge in [-0.2, -0.15) is 5.10 Å². The van der Waals surface area contributed by atoms with E-state index in [0.29, 0.717) is 11.8 Å². The van der Waals surface area contributed by atoms with E-state index in [2.05, 4.69) is 38.7 Å². The summed E-state index contributed by atoms with van der Waals surface area (Å²) in [5.74, 6) is 0.836. The number of aromatic nitrogens is 3. The van der Waals surface area contributed by atoms with Gasteiger partial charge in [-0.25, -0.2) is 0 Å². The lowest BCUT2D eigenvalue weighted by molar-refractivity contribution is -0.136. The fraction of sp³-hybridized carbons (Fsp3) is 0.550. The van der Waals surface area contributed by atoms with Crippen LogP contribution in [0.1, 0.15) is 48.6 Å². The summed E-state index contributed by atoms with van der Waals surface area (Å²) < 4.78 is 2.07. The van der Waals surface area contributed by atoms with Crippen LogP contribution >= 0.6 is 0 Å². The number of carbonyl (C=O) groups is 1. The minimum atomic E-state index is 0.144. The molecule has 1 saturated carbocycles. The maximum absolute atomic E-state index is 13.1. The van der Waals surface area contributed by atoms with Crippen LogP contribution in [0.2, 0.25) is 0 Å². The van der Waals surface area contributed by atoms with Crippen molar-refractivity contribution in [2.24, 2.45) is 5.92 Å². The molecule has 2 aliphatic rings. The van der Waals surface area contributed by atoms with Gasteiger partial charge in [0.05, 0.1) is 18.3 Å². The average molecular weight is 338 g/mol. The summed E-state index contributed by atoms with van der Waals surface area (Å²) in [4.78, 5) is 19.4. The number of carbonyl (C=O) groups excluding carboxylic acids is 1. The topological polar surface area (TPSA) is 51.0 Å². The van der Waals surface area contributed by atoms with Crippen molar-refractivity contribution in [3.63, 3.8) is 0 Å². The van der Waals surface area contributed by atoms with Crippen molar-refractivity contribution >= 4 is 5.91 Å². The Hall–Kier alpha value is -2.17. The molecule has 3 unspecified atom stereocenters. The quantitative estimate of drug-likeness (QED) is 0.861. The van der Waals surface area contributed by atoms with Crippen LogP contribution in [0.4, 0.5) is 0 Å². The van der Waals surface area contributed by atoms with Crippen molar-refractivity contribution in [1.29, 1.82) is 0 Å². The molecule has 0 bridgehead atoms. The van der Waals surface area contributed by atoms with E-state index in [1.54, 1.807) is 6.20 Å². The fourth-order valence-corrected chi connectivity index (χ4v) is 4.18. The first-order chi connectivity index (χ1) is 12.1. The lowest BCUT2D eigenvalue weighted by Crippen LogP contribution is -2.47. The predicted molar refractivity (Wildman–Crippen MR) is 96.1 cm³/mol. The summed E-state index contributed by atoms with van der Waals surface area (Å²) in [5.41, 5.74) is 3.42. The second kappa shape index (κ2) is 6.62. The number of hydrogen-bond acceptors (Lipinski definition) is 3. The van der Waals surface area contributed by atoms with Crippen molar-refractivity contribution in [2.75, 3.05) is 6.54 Å². The molecule has 1 aliphatic carbocycles. The van der Waals surface area contributed by atoms with Gasteiger partial charge in [0.2, 0.25) is 5.91 Å². The number of nitrogens with zero attached hydrogens (tertiary/aromatic N) is 4. The smallest absolute Gasteiger partial charge is 0.226 e. The predicted octanol–water partition coefficient (Wildman–Crippen LogP) is 3.08. The van der Waals surface area contributed by atoms with Crippen LogP contribution < -0.4 is 0 Å². The number of hydrogen-bond donors (Lipinski definition) is 0. The average Bonchev–Trinajstić information content (AvgIpc) is 3.36. The van der Waals surface area contributed by atoms with E-state index in [-0.39, 0.29) is 12.0 Å². The monoisotopic (exact) mass is 338 g/mol. The van der Waals surface area contributed by atoms with E-state index < -0.39 is 0 Å². The maximum Gasteiger partial charge on any atom is 0.226 e. The standard InChI is InChI=1S/C20H26N4O/c1-14-10-15(2)24(22-14)13-17-7-3-4-9-23(17)20(25)19-11-18(19)16-6-5-8-21-12-16/h5-6,8,10,12,17-19H,3-4,7,9,11,13H2,1-2H3. The third-order valence-electron chi connectivity index (χ3n) is 5.62. The van der Waals surface area contributed by atoms with Crippen LogP contribution in [0.25, 0.3) is 0 Å². The number of piperidine rings is 1. The van der Waals surface area contributed by atoms with Crippen LogP contribution in [-0.4, -0.2) is 38.2 Å². The zero-order chi connectivity index (χ0) is 17.4. The Morgan fingerprint density at radius 2 is 2.20 bits per heavy atom. The van der Waals surface area contributed by atoms with Gasteiger partial charge >= 0.3 is 0 Å². The van der Waals surface area contributed by atoms with Crippen LogP contribution in [0.15, 0.2) is 30.6 Å². The molecule has 5 nitrogen and oxygen atoms in total. The highest BCUT2D eigenvalue weighted by Crippen LogP contribution is 2.48. The fourth-order valence-electron chi connectivity index (χ4n) is 4.18. The molecule has 2 fully saturated rings. The highest BCUT2D eigenvalue weighted by atomic mass is 16.2. The summed E-state index contributed by atoms with van der Waals surface area (Å²) in [6, 6.07) is 6.43. The summed E-state index contributed by atoms with van der Waals surface area (Å²) in [5, 5.41) is 4.59. The van der Waals surface area contributed by atoms with Gasteiger partial charge in [-0.15, -0.1) is 0 Å². The summed E-state index contributed by atoms with van der Waals surface area (Å²) >= 11 is 0. The third kappa shape index (κ3) is 3.32. The minimum Gasteiger partial charge on any atom is -0.338 e. The number of rotatable bonds is 4. The summed E-state index contributed by atoms with van der Waals surface area (Å²) in [6.45, 7) is 5.82. The first-order valence-corrected chi connectivity index (χ1v) is 9.35. The van der Waals surface area contributed by atoms with Crippen LogP contribution in [-0.2, 0) is 11.3 Å². The Balaban J connectivity index is 1.46. The molecule has 2 aromatic heterocycles. The Kier molecular flexibility index (Phi) is 4.32. The SMILES string of the molecule is Cc1cc(C)n(CC2CCCCN2C(=O)C2CC2c2cccnc2)n1. The number of aryl methyl sites for hydroxylation is 2. The normalized spacial score (nSPS) is 25.8. The molecule has 4 rings (SSSR count). The van der Waals surface area contributed by atoms with Crippen LogP contribution in [0, 0.1) is 19.8 Å². The third-order valence-corrected chi connectivity index (χ3v) is 5.62. The minimum absolute atomic E-state index is 0.144. The maximum atomic E-state index is 13.1. The summed E-state index contributed by atoms with van der Waals surface area (Å²) in [6.07, 6.45) is 8.05. The first kappa shape index (κ1) is 16.3. The van der Waals surface area contributed by atoms with Gasteiger partial charge in [0, 0.05) is 30.6 Å². The lowest BCUT2D eigenvalue weighted by atomic mass is 10.0. The lowest BCUT2D eigenvalue weighted by Gasteiger charge is -2.36. The van der Waals surface area contributed by atoms with E-state index in [1.165, 1.54) is 17.7 Å². The number of amides is 1. The Morgan fingerprint density at radius 1 is 1.32 bits per heavy atom. The van der Waals surface area contributed by atoms with Crippen molar-refractivity contribution in [3.8, 4) is 0 Å². The summed E-state index contributed by atoms with van der Waals surface area (Å²) in [7, 11) is 0. The molecule has 3 atom stereocenters. The van der Waals surface area contributed by atoms with Crippen molar-refractivity contribution < 1.29 is 4.79 Å². The molecule has 25 heavy (non-hydrogen) atoms. The van der Waals surface area contributed by atoms with Crippen molar-refractivity contribution in [3.05, 3.63) is 47.5 Å². The molecule has 3 heterocycles. The molecule has 132 valence electrons. The van der Waals surface area contributed by atoms with Gasteiger partial charge < -0.3 is 4.90 Å². The van der Waals surface area contributed by atoms with Gasteiger partial charge in [0.1, 0.15) is 0 Å². The van der Waals surface area contributed by atoms with E-state index in [0.717, 1.165) is 38.0 Å². The Morgan fingerprint density at radius 3 is 2.92 bits per heavy atom. The van der Waals surface area contributed by atoms with Gasteiger partial charge in [-0.05, 0) is 63.1 Å². The number of likely N-dealkylation sites (tertiary alicyclic amines) is 1. The van der Waals surface area contributed by atoms with E-state index in [1.807, 2.05) is 19.2 Å². The highest BCUT2D eigenvalue weighted by Gasteiger charge is 2.47. The second-order valence-electron chi connectivity index (χ2n) is 7.53. The van der Waals surface area contributed by atoms with Crippen LogP contribution in [0.5, 0.6) is 0 Å². The van der Waals surface area contributed by atoms with E-state index >= 15 is 0 Å². The van der Waals surface area contributed by atoms with Crippen molar-refractivity contribution in [1.82, 2.24) is 19.7 Å². The molecular formula is C20H26N4O. The van der Waals surface area contributed by atoms with E-state index in [4.69, 9.17) is 0 Å². The van der Waals surface area contributed by atoms with Gasteiger partial charge in [-0.3, -0.25) is 14.5 Å². The highest BCUT2D eigenvalue weighted by molar-refractivity contribution is 5.83. The van der Waals surface area contributed by atoms with E-state index in [9.17, 15) is 4.79 Å². The van der Waals surface area contributed by atoms with Crippen molar-refractivity contribution in [2.45, 2.75) is 58.0 Å². The molecule has 0 spiro atoms. The Bertz CT molecular complexity index is 754. The molecule has 1 saturated heterocycles. The molecule has 1 amide bonds. The molecule has 1 aliphatic heterocycles. The Labute approximate surface area is 149 Å². The second-order valence-corrected chi connectivity index (χ2v) is 7.53. The number of pyridine rings is 1. The van der Waals surface area contributed by atoms with Crippen LogP contribution in [0.3, 0.4) is 0 Å². The molecular weight excluding hydrogens is 312 g/mol. The zero-order valence-corrected chi connectivity index (χ0v) is 15.1. The zero-order valence-electron chi connectivity index (χ0n) is 15.1. The largest absolute Gasteiger partial charge is 0.338 e. The molecule has 0 radical (unpaired) electrons. The molecule has 0 aromatic carbocycles. The first-order valence-electron chi connectivity index (χ1n) is 9.35. The van der Waals surface area contributed by atoms with Gasteiger partial charge in [-0.1, -0.05) is 6.07 Å². The molecule has 2 aromatic rings. The van der Waals surface area contributed by atoms with Gasteiger partial charge in [0.15, 0.2) is 0 Å². The molecule has 0 N–H and O–H groups in total. The van der Waals surface area contributed by atoms with Gasteiger partial charge in [0.25, 0.3) is 0 Å².